The van der Waals surface area contributed by atoms with E-state index in [0.717, 1.165) is 122 Å². The molecule has 0 nitrogen and oxygen atoms in total. The van der Waals surface area contributed by atoms with Crippen molar-refractivity contribution in [1.29, 1.82) is 0 Å². The maximum atomic E-state index is 14.5. The summed E-state index contributed by atoms with van der Waals surface area (Å²) in [5, 5.41) is 0. The maximum Gasteiger partial charge on any atom is 0.194 e. The normalized spacial score (nSPS) is 10.9. The van der Waals surface area contributed by atoms with Crippen molar-refractivity contribution < 1.29 is 70.2 Å². The second kappa shape index (κ2) is 35.2. The van der Waals surface area contributed by atoms with E-state index >= 15 is 0 Å². The van der Waals surface area contributed by atoms with Gasteiger partial charge in [0, 0.05) is 22.3 Å². The van der Waals surface area contributed by atoms with Crippen LogP contribution in [0.5, 0.6) is 0 Å². The molecule has 0 atom stereocenters. The monoisotopic (exact) mass is 1400 g/mol. The van der Waals surface area contributed by atoms with Crippen LogP contribution in [0.4, 0.5) is 70.2 Å². The number of aryl methyl sites for hydroxylation is 4. The van der Waals surface area contributed by atoms with Crippen molar-refractivity contribution >= 4 is 0 Å². The lowest BCUT2D eigenvalue weighted by molar-refractivity contribution is 0.447. The van der Waals surface area contributed by atoms with Crippen molar-refractivity contribution in [2.24, 2.45) is 0 Å². The molecule has 0 fully saturated rings. The second-order valence-electron chi connectivity index (χ2n) is 24.2. The number of rotatable bonds is 18. The predicted molar refractivity (Wildman–Crippen MR) is 374 cm³/mol. The molecule has 0 N–H and O–H groups in total. The van der Waals surface area contributed by atoms with Crippen LogP contribution < -0.4 is 0 Å². The van der Waals surface area contributed by atoms with E-state index in [1.807, 2.05) is 104 Å². The average molecular weight is 1410 g/mol. The molecule has 0 aliphatic heterocycles. The Morgan fingerprint density at radius 3 is 0.598 bits per heavy atom. The molecule has 0 heterocycles. The Kier molecular flexibility index (Phi) is 26.1. The molecule has 0 unspecified atom stereocenters. The van der Waals surface area contributed by atoms with Crippen molar-refractivity contribution in [1.82, 2.24) is 0 Å². The summed E-state index contributed by atoms with van der Waals surface area (Å²) in [7, 11) is 0. The molecule has 0 saturated heterocycles. The first-order valence-corrected chi connectivity index (χ1v) is 33.1. The SMILES string of the molecule is CCCCCc1ccc(-c2ccc(-c3cc(F)c(F)c(F)c3)c(F)c2)cc1.CCCCc1ccc(-c2ccc(-c3cc(F)c(F)c(F)c3)c(F)c2)cc1.CCCc1ccc(-c2ccc(-c3cc(F)c(F)c(F)c3)c(F)c2)cc1.CCc1ccc(-c2ccc(-c3cc(F)c(F)c(F)c3)c(F)c2)cc1. The molecule has 12 rings (SSSR count). The van der Waals surface area contributed by atoms with Crippen LogP contribution in [0.25, 0.3) is 89.0 Å². The molecule has 0 amide bonds. The maximum absolute atomic E-state index is 14.5. The minimum absolute atomic E-state index is 0.0155. The van der Waals surface area contributed by atoms with E-state index in [2.05, 4.69) is 20.8 Å². The van der Waals surface area contributed by atoms with Crippen LogP contribution in [0, 0.1) is 93.1 Å². The molecule has 0 bridgehead atoms. The third-order valence-electron chi connectivity index (χ3n) is 17.0. The van der Waals surface area contributed by atoms with E-state index in [4.69, 9.17) is 0 Å². The summed E-state index contributed by atoms with van der Waals surface area (Å²) in [6, 6.07) is 55.4. The van der Waals surface area contributed by atoms with Gasteiger partial charge in [-0.1, -0.05) is 199 Å². The Morgan fingerprint density at radius 1 is 0.176 bits per heavy atom. The van der Waals surface area contributed by atoms with E-state index in [9.17, 15) is 70.2 Å². The van der Waals surface area contributed by atoms with Crippen molar-refractivity contribution in [2.75, 3.05) is 0 Å². The Balaban J connectivity index is 0.000000158. The van der Waals surface area contributed by atoms with Crippen LogP contribution in [0.2, 0.25) is 0 Å². The lowest BCUT2D eigenvalue weighted by Gasteiger charge is -2.09. The molecule has 0 aromatic heterocycles. The first-order chi connectivity index (χ1) is 49.0. The highest BCUT2D eigenvalue weighted by Gasteiger charge is 2.20. The van der Waals surface area contributed by atoms with Crippen LogP contribution in [0.1, 0.15) is 88.5 Å². The second-order valence-corrected chi connectivity index (χ2v) is 24.2. The molecule has 16 heteroatoms. The summed E-state index contributed by atoms with van der Waals surface area (Å²) in [5.74, 6) is -19.5. The largest absolute Gasteiger partial charge is 0.206 e. The Bertz CT molecular complexity index is 4760. The molecular weight excluding hydrogens is 1340 g/mol. The minimum atomic E-state index is -1.56. The molecule has 12 aromatic carbocycles. The smallest absolute Gasteiger partial charge is 0.194 e. The molecular formula is C86H68F16. The van der Waals surface area contributed by atoms with E-state index in [1.165, 1.54) is 83.6 Å². The number of unbranched alkanes of at least 4 members (excludes halogenated alkanes) is 3. The fourth-order valence-corrected chi connectivity index (χ4v) is 11.3. The highest BCUT2D eigenvalue weighted by atomic mass is 19.2. The zero-order chi connectivity index (χ0) is 73.3. The van der Waals surface area contributed by atoms with Gasteiger partial charge in [-0.25, -0.2) is 70.2 Å². The summed E-state index contributed by atoms with van der Waals surface area (Å²) in [5.41, 5.74) is 10.8. The summed E-state index contributed by atoms with van der Waals surface area (Å²) in [6.07, 6.45) is 10.7. The lowest BCUT2D eigenvalue weighted by Crippen LogP contribution is -1.94. The number of hydrogen-bond acceptors (Lipinski definition) is 0. The summed E-state index contributed by atoms with van der Waals surface area (Å²) in [6.45, 7) is 8.45. The highest BCUT2D eigenvalue weighted by Crippen LogP contribution is 2.36. The van der Waals surface area contributed by atoms with Gasteiger partial charge in [-0.05, 0) is 200 Å². The fourth-order valence-electron chi connectivity index (χ4n) is 11.3. The molecule has 12 aromatic rings. The summed E-state index contributed by atoms with van der Waals surface area (Å²) in [4.78, 5) is 0. The molecule has 0 saturated carbocycles. The van der Waals surface area contributed by atoms with E-state index in [0.29, 0.717) is 22.3 Å². The Labute approximate surface area is 582 Å². The third kappa shape index (κ3) is 19.1. The van der Waals surface area contributed by atoms with Crippen LogP contribution >= 0.6 is 0 Å². The molecule has 524 valence electrons. The van der Waals surface area contributed by atoms with Gasteiger partial charge in [-0.15, -0.1) is 0 Å². The summed E-state index contributed by atoms with van der Waals surface area (Å²) >= 11 is 0. The van der Waals surface area contributed by atoms with E-state index in [-0.39, 0.29) is 44.5 Å². The topological polar surface area (TPSA) is 0 Å². The number of benzene rings is 12. The van der Waals surface area contributed by atoms with E-state index < -0.39 is 93.1 Å². The zero-order valence-corrected chi connectivity index (χ0v) is 55.9. The third-order valence-corrected chi connectivity index (χ3v) is 17.0. The minimum Gasteiger partial charge on any atom is -0.206 e. The fraction of sp³-hybridized carbons (Fsp3) is 0.163. The van der Waals surface area contributed by atoms with Gasteiger partial charge in [0.05, 0.1) is 0 Å². The van der Waals surface area contributed by atoms with Gasteiger partial charge in [-0.3, -0.25) is 0 Å². The number of hydrogen-bond donors (Lipinski definition) is 0. The quantitative estimate of drug-likeness (QED) is 0.0456. The molecule has 0 aliphatic carbocycles. The standard InChI is InChI=1S/C23H20F4.C22H18F4.C21H16F4.C20H14F4/c1-2-3-4-5-15-6-8-16(9-7-15)17-10-11-19(20(24)12-17)18-13-21(25)23(27)22(26)14-18;1-2-3-4-14-5-7-15(8-6-14)16-9-10-18(19(23)11-16)17-12-20(24)22(26)21(25)13-17;1-2-3-13-4-6-14(7-5-13)15-8-9-17(18(22)10-15)16-11-19(23)21(25)20(24)12-16;1-2-12-3-5-13(6-4-12)14-7-8-16(17(21)9-14)15-10-18(22)20(24)19(23)11-15/h6-14H,2-5H2,1H3;5-13H,2-4H2,1H3;4-12H,2-3H2,1H3;3-11H,2H2,1H3. The highest BCUT2D eigenvalue weighted by molar-refractivity contribution is 5.75. The van der Waals surface area contributed by atoms with Crippen molar-refractivity contribution in [2.45, 2.75) is 91.9 Å². The van der Waals surface area contributed by atoms with Gasteiger partial charge >= 0.3 is 0 Å². The average Bonchev–Trinajstić information content (AvgIpc) is 0.818. The van der Waals surface area contributed by atoms with Crippen molar-refractivity contribution in [3.8, 4) is 89.0 Å². The lowest BCUT2D eigenvalue weighted by atomic mass is 9.98. The number of halogens is 16. The Morgan fingerprint density at radius 2 is 0.382 bits per heavy atom. The van der Waals surface area contributed by atoms with Crippen LogP contribution in [-0.4, -0.2) is 0 Å². The first kappa shape index (κ1) is 75.7. The van der Waals surface area contributed by atoms with Crippen molar-refractivity contribution in [3.05, 3.63) is 334 Å². The predicted octanol–water partition coefficient (Wildman–Crippen LogP) is 26.9. The molecule has 0 aliphatic rings. The molecule has 0 radical (unpaired) electrons. The van der Waals surface area contributed by atoms with Crippen molar-refractivity contribution in [3.63, 3.8) is 0 Å². The Hall–Kier alpha value is -10.5. The van der Waals surface area contributed by atoms with Gasteiger partial charge in [0.1, 0.15) is 23.3 Å². The van der Waals surface area contributed by atoms with Gasteiger partial charge in [0.2, 0.25) is 0 Å². The molecule has 102 heavy (non-hydrogen) atoms. The molecule has 0 spiro atoms. The van der Waals surface area contributed by atoms with Gasteiger partial charge in [-0.2, -0.15) is 0 Å². The van der Waals surface area contributed by atoms with Crippen LogP contribution in [0.3, 0.4) is 0 Å². The van der Waals surface area contributed by atoms with Gasteiger partial charge in [0.15, 0.2) is 69.8 Å². The first-order valence-electron chi connectivity index (χ1n) is 33.1. The van der Waals surface area contributed by atoms with Gasteiger partial charge < -0.3 is 0 Å². The summed E-state index contributed by atoms with van der Waals surface area (Å²) < 4.78 is 217. The zero-order valence-electron chi connectivity index (χ0n) is 55.9. The van der Waals surface area contributed by atoms with E-state index in [1.54, 1.807) is 24.3 Å². The van der Waals surface area contributed by atoms with Crippen LogP contribution in [0.15, 0.2) is 218 Å². The van der Waals surface area contributed by atoms with Gasteiger partial charge in [0.25, 0.3) is 0 Å². The van der Waals surface area contributed by atoms with Crippen LogP contribution in [-0.2, 0) is 25.7 Å².